The Hall–Kier alpha value is -2.61. The molecule has 0 aliphatic rings. The minimum atomic E-state index is -0.483. The van der Waals surface area contributed by atoms with Crippen molar-refractivity contribution < 1.29 is 38.7 Å². The molecule has 0 fully saturated rings. The standard InChI is InChI=1S/C21H21P.4CH2O.Ru/c1-16-4-10-19(11-5-16)22(20-12-6-17(2)7-13-20)21-14-8-18(3)9-15-21;4*1-2;/h4-15H,1-3H3;4*1H2;. The summed E-state index contributed by atoms with van der Waals surface area (Å²) in [5, 5.41) is 4.23. The van der Waals surface area contributed by atoms with E-state index in [4.69, 9.17) is 19.2 Å². The predicted molar refractivity (Wildman–Crippen MR) is 128 cm³/mol. The Balaban J connectivity index is -0.000000785. The topological polar surface area (TPSA) is 68.3 Å². The van der Waals surface area contributed by atoms with Crippen LogP contribution >= 0.6 is 7.92 Å². The third kappa shape index (κ3) is 11.4. The summed E-state index contributed by atoms with van der Waals surface area (Å²) in [5.74, 6) is 0. The first-order valence-corrected chi connectivity index (χ1v) is 10.1. The molecule has 0 unspecified atom stereocenters. The molecule has 6 heteroatoms. The van der Waals surface area contributed by atoms with Crippen LogP contribution in [0.25, 0.3) is 0 Å². The summed E-state index contributed by atoms with van der Waals surface area (Å²) in [7, 11) is -0.483. The molecule has 31 heavy (non-hydrogen) atoms. The van der Waals surface area contributed by atoms with E-state index in [-0.39, 0.29) is 19.5 Å². The third-order valence-electron chi connectivity index (χ3n) is 3.88. The summed E-state index contributed by atoms with van der Waals surface area (Å²) >= 11 is 0. The molecule has 166 valence electrons. The van der Waals surface area contributed by atoms with Gasteiger partial charge in [0.1, 0.15) is 27.2 Å². The maximum Gasteiger partial charge on any atom is 0.106 e. The molecule has 0 saturated carbocycles. The first kappa shape index (κ1) is 33.0. The van der Waals surface area contributed by atoms with Crippen LogP contribution in [0.2, 0.25) is 0 Å². The van der Waals surface area contributed by atoms with Gasteiger partial charge in [0.2, 0.25) is 0 Å². The number of hydrogen-bond donors (Lipinski definition) is 0. The number of hydrogen-bond acceptors (Lipinski definition) is 4. The van der Waals surface area contributed by atoms with E-state index in [1.54, 1.807) is 0 Å². The second-order valence-corrected chi connectivity index (χ2v) is 8.06. The Bertz CT molecular complexity index is 705. The third-order valence-corrected chi connectivity index (χ3v) is 6.32. The predicted octanol–water partition coefficient (Wildman–Crippen LogP) is 3.63. The maximum absolute atomic E-state index is 8.00. The van der Waals surface area contributed by atoms with Crippen molar-refractivity contribution in [2.24, 2.45) is 0 Å². The van der Waals surface area contributed by atoms with E-state index >= 15 is 0 Å². The van der Waals surface area contributed by atoms with E-state index < -0.39 is 7.92 Å². The number of benzene rings is 3. The van der Waals surface area contributed by atoms with Crippen molar-refractivity contribution in [3.8, 4) is 0 Å². The smallest absolute Gasteiger partial charge is 0.106 e. The van der Waals surface area contributed by atoms with Crippen molar-refractivity contribution in [2.45, 2.75) is 20.8 Å². The summed E-state index contributed by atoms with van der Waals surface area (Å²) in [5.41, 5.74) is 3.93. The van der Waals surface area contributed by atoms with Crippen LogP contribution in [0.4, 0.5) is 0 Å². The summed E-state index contributed by atoms with van der Waals surface area (Å²) in [6, 6.07) is 27.0. The van der Waals surface area contributed by atoms with Gasteiger partial charge in [-0.25, -0.2) is 0 Å². The van der Waals surface area contributed by atoms with Crippen molar-refractivity contribution >= 4 is 51.0 Å². The zero-order valence-corrected chi connectivity index (χ0v) is 20.8. The molecule has 0 amide bonds. The quantitative estimate of drug-likeness (QED) is 0.387. The van der Waals surface area contributed by atoms with E-state index in [0.29, 0.717) is 0 Å². The molecule has 0 aromatic heterocycles. The molecule has 0 saturated heterocycles. The summed E-state index contributed by atoms with van der Waals surface area (Å²) in [6.07, 6.45) is 0. The van der Waals surface area contributed by atoms with Gasteiger partial charge in [0, 0.05) is 19.5 Å². The minimum absolute atomic E-state index is 0. The summed E-state index contributed by atoms with van der Waals surface area (Å²) < 4.78 is 0. The van der Waals surface area contributed by atoms with E-state index in [9.17, 15) is 0 Å². The Morgan fingerprint density at radius 3 is 0.742 bits per heavy atom. The maximum atomic E-state index is 8.00. The van der Waals surface area contributed by atoms with Crippen LogP contribution in [0.5, 0.6) is 0 Å². The summed E-state index contributed by atoms with van der Waals surface area (Å²) in [6.45, 7) is 14.4. The zero-order chi connectivity index (χ0) is 23.5. The Morgan fingerprint density at radius 2 is 0.581 bits per heavy atom. The first-order valence-electron chi connectivity index (χ1n) is 8.79. The fourth-order valence-electron chi connectivity index (χ4n) is 2.53. The largest absolute Gasteiger partial charge is 0.307 e. The molecule has 0 radical (unpaired) electrons. The molecule has 0 spiro atoms. The van der Waals surface area contributed by atoms with E-state index in [1.165, 1.54) is 32.6 Å². The second kappa shape index (κ2) is 20.7. The van der Waals surface area contributed by atoms with E-state index in [2.05, 4.69) is 93.6 Å². The van der Waals surface area contributed by atoms with Crippen LogP contribution in [-0.4, -0.2) is 27.2 Å². The van der Waals surface area contributed by atoms with Crippen molar-refractivity contribution in [3.63, 3.8) is 0 Å². The molecule has 0 heterocycles. The van der Waals surface area contributed by atoms with Gasteiger partial charge in [-0.05, 0) is 44.6 Å². The normalized spacial score (nSPS) is 8.26. The zero-order valence-electron chi connectivity index (χ0n) is 18.2. The van der Waals surface area contributed by atoms with Gasteiger partial charge < -0.3 is 19.2 Å². The van der Waals surface area contributed by atoms with Gasteiger partial charge in [-0.15, -0.1) is 0 Å². The number of carbonyl (C=O) groups is 4. The van der Waals surface area contributed by atoms with Crippen molar-refractivity contribution in [1.82, 2.24) is 0 Å². The minimum Gasteiger partial charge on any atom is -0.307 e. The SMILES string of the molecule is C=O.C=O.C=O.C=O.Cc1ccc(P(c2ccc(C)cc2)c2ccc(C)cc2)cc1.[Ru]. The van der Waals surface area contributed by atoms with Gasteiger partial charge in [-0.1, -0.05) is 89.5 Å². The summed E-state index contributed by atoms with van der Waals surface area (Å²) in [4.78, 5) is 32.0. The molecule has 0 aliphatic carbocycles. The molecule has 0 N–H and O–H groups in total. The molecule has 4 nitrogen and oxygen atoms in total. The first-order chi connectivity index (χ1) is 14.6. The fourth-order valence-corrected chi connectivity index (χ4v) is 4.76. The van der Waals surface area contributed by atoms with Gasteiger partial charge in [-0.3, -0.25) is 0 Å². The van der Waals surface area contributed by atoms with Crippen LogP contribution < -0.4 is 15.9 Å². The monoisotopic (exact) mass is 526 g/mol. The van der Waals surface area contributed by atoms with Gasteiger partial charge in [-0.2, -0.15) is 0 Å². The van der Waals surface area contributed by atoms with Crippen molar-refractivity contribution in [2.75, 3.05) is 0 Å². The van der Waals surface area contributed by atoms with Crippen LogP contribution in [0, 0.1) is 20.8 Å². The fraction of sp³-hybridized carbons (Fsp3) is 0.120. The van der Waals surface area contributed by atoms with Gasteiger partial charge in [0.25, 0.3) is 0 Å². The average molecular weight is 526 g/mol. The van der Waals surface area contributed by atoms with Crippen molar-refractivity contribution in [1.29, 1.82) is 0 Å². The van der Waals surface area contributed by atoms with Gasteiger partial charge in [0.15, 0.2) is 0 Å². The Labute approximate surface area is 199 Å². The van der Waals surface area contributed by atoms with Crippen molar-refractivity contribution in [3.05, 3.63) is 89.5 Å². The van der Waals surface area contributed by atoms with Gasteiger partial charge in [0.05, 0.1) is 0 Å². The number of rotatable bonds is 3. The van der Waals surface area contributed by atoms with E-state index in [0.717, 1.165) is 0 Å². The Morgan fingerprint density at radius 1 is 0.419 bits per heavy atom. The molecule has 3 aromatic carbocycles. The number of carbonyl (C=O) groups excluding carboxylic acids is 4. The van der Waals surface area contributed by atoms with E-state index in [1.807, 2.05) is 27.2 Å². The molecular weight excluding hydrogens is 496 g/mol. The molecule has 0 aliphatic heterocycles. The second-order valence-electron chi connectivity index (χ2n) is 5.84. The molecule has 3 rings (SSSR count). The van der Waals surface area contributed by atoms with Crippen LogP contribution in [-0.2, 0) is 38.7 Å². The molecule has 3 aromatic rings. The Kier molecular flexibility index (Phi) is 22.0. The van der Waals surface area contributed by atoms with Crippen LogP contribution in [0.1, 0.15) is 16.7 Å². The molecule has 0 atom stereocenters. The van der Waals surface area contributed by atoms with Crippen LogP contribution in [0.15, 0.2) is 72.8 Å². The molecule has 0 bridgehead atoms. The van der Waals surface area contributed by atoms with Gasteiger partial charge >= 0.3 is 0 Å². The van der Waals surface area contributed by atoms with Crippen LogP contribution in [0.3, 0.4) is 0 Å². The average Bonchev–Trinajstić information content (AvgIpc) is 2.83. The number of aryl methyl sites for hydroxylation is 3. The molecular formula is C25H29O4PRu.